The highest BCUT2D eigenvalue weighted by atomic mass is 16.9. The fourth-order valence-electron chi connectivity index (χ4n) is 3.63. The molecular weight excluding hydrogens is 724 g/mol. The molecule has 1 unspecified atom stereocenters. The zero-order valence-corrected chi connectivity index (χ0v) is 33.8. The lowest BCUT2D eigenvalue weighted by Gasteiger charge is -2.48. The highest BCUT2D eigenvalue weighted by molar-refractivity contribution is 5.67. The summed E-state index contributed by atoms with van der Waals surface area (Å²) < 4.78 is 46.9. The topological polar surface area (TPSA) is 297 Å². The van der Waals surface area contributed by atoms with Crippen LogP contribution in [-0.2, 0) is 47.1 Å². The van der Waals surface area contributed by atoms with Gasteiger partial charge in [0.15, 0.2) is 19.8 Å². The predicted molar refractivity (Wildman–Crippen MR) is 195 cm³/mol. The van der Waals surface area contributed by atoms with E-state index in [-0.39, 0.29) is 76.8 Å². The number of cyclic esters (lactones) is 1. The lowest BCUT2D eigenvalue weighted by Crippen LogP contribution is -2.57. The Morgan fingerprint density at radius 3 is 1.22 bits per heavy atom. The number of hydrogen-bond donors (Lipinski definition) is 7. The van der Waals surface area contributed by atoms with Gasteiger partial charge in [-0.3, -0.25) is 4.79 Å². The van der Waals surface area contributed by atoms with Crippen LogP contribution in [0.2, 0.25) is 0 Å². The van der Waals surface area contributed by atoms with E-state index in [2.05, 4.69) is 13.8 Å². The Hall–Kier alpha value is -2.11. The molecule has 7 aliphatic heterocycles. The zero-order chi connectivity index (χ0) is 41.2. The van der Waals surface area contributed by atoms with Crippen molar-refractivity contribution in [1.82, 2.24) is 0 Å². The molecule has 0 aliphatic carbocycles. The molecule has 0 spiro atoms. The van der Waals surface area contributed by atoms with Crippen LogP contribution in [0.1, 0.15) is 72.1 Å². The average molecular weight is 797 g/mol. The lowest BCUT2D eigenvalue weighted by molar-refractivity contribution is -0.500. The van der Waals surface area contributed by atoms with Crippen molar-refractivity contribution in [3.8, 4) is 0 Å². The molecular formula is C35H72O19+4. The summed E-state index contributed by atoms with van der Waals surface area (Å²) in [5.41, 5.74) is -1.40. The number of esters is 2. The molecule has 7 heterocycles. The van der Waals surface area contributed by atoms with E-state index in [9.17, 15) is 0 Å². The van der Waals surface area contributed by atoms with Gasteiger partial charge >= 0.3 is 14.8 Å². The van der Waals surface area contributed by atoms with E-state index in [0.717, 1.165) is 46.6 Å². The monoisotopic (exact) mass is 796 g/mol. The van der Waals surface area contributed by atoms with Crippen LogP contribution in [0.5, 0.6) is 0 Å². The summed E-state index contributed by atoms with van der Waals surface area (Å²) in [7, 11) is 0. The van der Waals surface area contributed by atoms with Crippen molar-refractivity contribution in [3.05, 3.63) is 0 Å². The lowest BCUT2D eigenvalue weighted by atomic mass is 9.92. The molecule has 0 aromatic carbocycles. The molecule has 0 aromatic rings. The minimum atomic E-state index is -0.833. The third kappa shape index (κ3) is 20.7. The van der Waals surface area contributed by atoms with Gasteiger partial charge in [-0.15, -0.1) is 0 Å². The number of aliphatic carboxylic acids is 1. The second-order valence-electron chi connectivity index (χ2n) is 15.9. The standard InChI is InChI=1S/C7H14O4.2C7H12O3.C7H13O3.C5H12O3.C2H4O2.H2O/c1-6(10)11-5-7(2,3-8)4-9;2*1-6-3-8-7(2,9-4-6)10-5-6;1-6-9-4-7(2,3-8)5-10-6;1-5(2-6,3-7)4-8;1-2(3)4;/h8-9H,3-5H2,1-2H3;2*3-5H2,1-2H3;8H,3-5H2,1-2H3;6-8H,2-4H2,1H3;1H3,(H,3,4);1H2/q;;;+1;;;/p+3. The van der Waals surface area contributed by atoms with E-state index in [4.69, 9.17) is 87.7 Å². The van der Waals surface area contributed by atoms with Crippen LogP contribution in [-0.4, -0.2) is 175 Å². The molecule has 6 saturated heterocycles. The molecule has 0 amide bonds. The number of aliphatic hydroxyl groups is 6. The van der Waals surface area contributed by atoms with E-state index < -0.39 is 28.7 Å². The van der Waals surface area contributed by atoms with E-state index in [1.807, 2.05) is 20.8 Å². The van der Waals surface area contributed by atoms with Crippen molar-refractivity contribution >= 4 is 17.9 Å². The number of carboxylic acid groups (broad SMARTS) is 1. The van der Waals surface area contributed by atoms with Gasteiger partial charge in [-0.25, -0.2) is 0 Å². The molecule has 7 aliphatic rings. The number of hydrogen-bond acceptors (Lipinski definition) is 15. The Kier molecular flexibility index (Phi) is 23.8. The van der Waals surface area contributed by atoms with Crippen molar-refractivity contribution < 1.29 is 96.0 Å². The van der Waals surface area contributed by atoms with Crippen molar-refractivity contribution in [3.63, 3.8) is 0 Å². The van der Waals surface area contributed by atoms with Gasteiger partial charge in [0.25, 0.3) is 17.9 Å². The Labute approximate surface area is 321 Å². The number of aliphatic hydroxyl groups excluding tert-OH is 6. The van der Waals surface area contributed by atoms with E-state index >= 15 is 0 Å². The maximum Gasteiger partial charge on any atom is 1.00 e. The predicted octanol–water partition coefficient (Wildman–Crippen LogP) is -0.439. The number of carbonyl (C=O) groups excluding carboxylic acids is 2. The van der Waals surface area contributed by atoms with Crippen molar-refractivity contribution in [1.29, 1.82) is 0 Å². The zero-order valence-electron chi connectivity index (χ0n) is 35.8. The molecule has 0 aromatic heterocycles. The first-order chi connectivity index (χ1) is 24.4. The molecule has 6 fully saturated rings. The fourth-order valence-corrected chi connectivity index (χ4v) is 3.63. The summed E-state index contributed by atoms with van der Waals surface area (Å²) >= 11 is 0. The highest BCUT2D eigenvalue weighted by Crippen LogP contribution is 2.38. The third-order valence-electron chi connectivity index (χ3n) is 8.26. The number of carbonyl (C=O) groups is 1. The molecule has 54 heavy (non-hydrogen) atoms. The average Bonchev–Trinajstić information content (AvgIpc) is 3.14. The molecule has 1 atom stereocenters. The van der Waals surface area contributed by atoms with Crippen LogP contribution < -0.4 is 0 Å². The first kappa shape index (κ1) is 54.0. The SMILES string of the molecule is CC(=O)O.CC(=[OH+])OCC(C)(CO)CO.CC(CO)(CO)CO.CC12COC(C)(OC1)OC2.CC12COC(C)(OC1)OC2.CC1=[O+]CC(C)(CO)CO1.O.[H+].[H+]. The molecule has 322 valence electrons. The normalized spacial score (nSPS) is 30.4. The van der Waals surface area contributed by atoms with Crippen molar-refractivity contribution in [2.24, 2.45) is 27.1 Å². The molecule has 0 radical (unpaired) electrons. The van der Waals surface area contributed by atoms with Gasteiger partial charge < -0.3 is 88.3 Å². The highest BCUT2D eigenvalue weighted by Gasteiger charge is 2.48. The Morgan fingerprint density at radius 1 is 0.722 bits per heavy atom. The van der Waals surface area contributed by atoms with Gasteiger partial charge in [0.05, 0.1) is 98.5 Å². The summed E-state index contributed by atoms with van der Waals surface area (Å²) in [4.78, 5) is 17.6. The number of rotatable bonds is 8. The largest absolute Gasteiger partial charge is 1.00 e. The van der Waals surface area contributed by atoms with Gasteiger partial charge in [-0.1, -0.05) is 20.8 Å². The minimum absolute atomic E-state index is 0. The Bertz CT molecular complexity index is 985. The van der Waals surface area contributed by atoms with Crippen LogP contribution in [0.25, 0.3) is 0 Å². The number of carboxylic acids is 1. The van der Waals surface area contributed by atoms with E-state index in [0.29, 0.717) is 19.2 Å². The maximum absolute atomic E-state index is 9.00. The summed E-state index contributed by atoms with van der Waals surface area (Å²) in [6.45, 7) is 22.2. The van der Waals surface area contributed by atoms with Gasteiger partial charge in [-0.2, -0.15) is 0 Å². The van der Waals surface area contributed by atoms with Gasteiger partial charge in [0.2, 0.25) is 0 Å². The second-order valence-corrected chi connectivity index (χ2v) is 15.9. The van der Waals surface area contributed by atoms with Gasteiger partial charge in [-0.05, 0) is 13.8 Å². The Balaban J connectivity index is -0.000000292. The van der Waals surface area contributed by atoms with Crippen LogP contribution in [0.4, 0.5) is 0 Å². The number of ether oxygens (including phenoxy) is 8. The minimum Gasteiger partial charge on any atom is -0.481 e. The van der Waals surface area contributed by atoms with Crippen LogP contribution in [0, 0.1) is 27.1 Å². The summed E-state index contributed by atoms with van der Waals surface area (Å²) in [6.07, 6.45) is 0. The summed E-state index contributed by atoms with van der Waals surface area (Å²) in [5.74, 6) is -1.86. The van der Waals surface area contributed by atoms with Crippen LogP contribution in [0.15, 0.2) is 0 Å². The molecule has 0 saturated carbocycles. The molecule has 19 nitrogen and oxygen atoms in total. The van der Waals surface area contributed by atoms with Gasteiger partial charge in [0.1, 0.15) is 5.41 Å². The van der Waals surface area contributed by atoms with Crippen molar-refractivity contribution in [2.45, 2.75) is 81.2 Å². The second kappa shape index (κ2) is 23.8. The maximum atomic E-state index is 9.00. The van der Waals surface area contributed by atoms with Crippen LogP contribution in [0.3, 0.4) is 0 Å². The molecule has 7 rings (SSSR count). The van der Waals surface area contributed by atoms with E-state index in [1.165, 1.54) is 6.92 Å². The quantitative estimate of drug-likeness (QED) is 0.121. The molecule has 4 bridgehead atoms. The first-order valence-electron chi connectivity index (χ1n) is 17.3. The van der Waals surface area contributed by atoms with E-state index in [1.54, 1.807) is 20.8 Å². The summed E-state index contributed by atoms with van der Waals surface area (Å²) in [5, 5.41) is 59.2. The summed E-state index contributed by atoms with van der Waals surface area (Å²) in [6, 6.07) is 0. The van der Waals surface area contributed by atoms with Crippen molar-refractivity contribution in [2.75, 3.05) is 99.1 Å². The number of fused-ring (bicyclic) bond motifs is 6. The van der Waals surface area contributed by atoms with Gasteiger partial charge in [0, 0.05) is 37.0 Å². The first-order valence-corrected chi connectivity index (χ1v) is 17.3. The Morgan fingerprint density at radius 2 is 1.04 bits per heavy atom. The third-order valence-corrected chi connectivity index (χ3v) is 8.26. The van der Waals surface area contributed by atoms with Crippen LogP contribution >= 0.6 is 0 Å². The molecule has 10 N–H and O–H groups in total. The fraction of sp³-hybridized carbons (Fsp3) is 0.914. The molecule has 19 heteroatoms. The smallest absolute Gasteiger partial charge is 0.481 e.